The van der Waals surface area contributed by atoms with Crippen molar-refractivity contribution in [3.05, 3.63) is 35.9 Å². The first-order valence-electron chi connectivity index (χ1n) is 7.77. The molecule has 1 aromatic carbocycles. The first-order chi connectivity index (χ1) is 9.99. The number of carbonyl (C=O) groups is 1. The molecule has 2 N–H and O–H groups in total. The van der Waals surface area contributed by atoms with Gasteiger partial charge in [-0.05, 0) is 31.4 Å². The van der Waals surface area contributed by atoms with Crippen molar-refractivity contribution in [3.8, 4) is 0 Å². The summed E-state index contributed by atoms with van der Waals surface area (Å²) in [6, 6.07) is 10.4. The van der Waals surface area contributed by atoms with E-state index in [0.29, 0.717) is 12.5 Å². The van der Waals surface area contributed by atoms with Crippen molar-refractivity contribution in [2.24, 2.45) is 11.7 Å². The number of likely N-dealkylation sites (tertiary alicyclic amines) is 1. The van der Waals surface area contributed by atoms with Crippen molar-refractivity contribution in [1.29, 1.82) is 0 Å². The zero-order valence-electron chi connectivity index (χ0n) is 13.3. The van der Waals surface area contributed by atoms with Crippen molar-refractivity contribution >= 4 is 5.91 Å². The molecule has 3 atom stereocenters. The van der Waals surface area contributed by atoms with Crippen LogP contribution in [0.5, 0.6) is 0 Å². The lowest BCUT2D eigenvalue weighted by molar-refractivity contribution is -0.133. The number of piperidine rings is 1. The van der Waals surface area contributed by atoms with E-state index in [-0.39, 0.29) is 18.0 Å². The van der Waals surface area contributed by atoms with Crippen LogP contribution in [0.25, 0.3) is 0 Å². The maximum absolute atomic E-state index is 12.5. The van der Waals surface area contributed by atoms with Gasteiger partial charge in [0.25, 0.3) is 0 Å². The number of nitrogens with two attached hydrogens (primary N) is 1. The molecule has 1 aliphatic rings. The van der Waals surface area contributed by atoms with Gasteiger partial charge in [-0.2, -0.15) is 0 Å². The zero-order chi connectivity index (χ0) is 15.4. The molecule has 0 spiro atoms. The summed E-state index contributed by atoms with van der Waals surface area (Å²) < 4.78 is 0. The number of amides is 1. The fraction of sp³-hybridized carbons (Fsp3) is 0.588. The largest absolute Gasteiger partial charge is 0.338 e. The Morgan fingerprint density at radius 3 is 2.71 bits per heavy atom. The lowest BCUT2D eigenvalue weighted by Gasteiger charge is -2.36. The third-order valence-electron chi connectivity index (χ3n) is 4.72. The van der Waals surface area contributed by atoms with E-state index in [0.717, 1.165) is 25.1 Å². The molecule has 1 amide bonds. The second kappa shape index (κ2) is 7.05. The van der Waals surface area contributed by atoms with Gasteiger partial charge in [0.15, 0.2) is 0 Å². The van der Waals surface area contributed by atoms with Gasteiger partial charge in [-0.25, -0.2) is 0 Å². The molecule has 0 bridgehead atoms. The van der Waals surface area contributed by atoms with E-state index in [4.69, 9.17) is 5.73 Å². The Bertz CT molecular complexity index is 462. The number of rotatable bonds is 4. The van der Waals surface area contributed by atoms with E-state index < -0.39 is 0 Å². The summed E-state index contributed by atoms with van der Waals surface area (Å²) in [5.74, 6) is 0.713. The fourth-order valence-corrected chi connectivity index (χ4v) is 2.79. The van der Waals surface area contributed by atoms with Crippen LogP contribution in [-0.2, 0) is 4.79 Å². The molecule has 1 fully saturated rings. The Hall–Kier alpha value is -1.39. The third-order valence-corrected chi connectivity index (χ3v) is 4.72. The third kappa shape index (κ3) is 4.05. The minimum Gasteiger partial charge on any atom is -0.338 e. The van der Waals surface area contributed by atoms with Crippen molar-refractivity contribution in [2.75, 3.05) is 26.7 Å². The Morgan fingerprint density at radius 1 is 1.43 bits per heavy atom. The zero-order valence-corrected chi connectivity index (χ0v) is 13.3. The van der Waals surface area contributed by atoms with Crippen LogP contribution in [0.2, 0.25) is 0 Å². The standard InChI is InChI=1S/C17H27N3O/c1-13-9-10-20(11-16(13)18)12-17(21)19(3)14(2)15-7-5-4-6-8-15/h4-8,13-14,16H,9-12,18H2,1-3H3. The topological polar surface area (TPSA) is 49.6 Å². The van der Waals surface area contributed by atoms with Gasteiger partial charge in [-0.15, -0.1) is 0 Å². The van der Waals surface area contributed by atoms with Gasteiger partial charge >= 0.3 is 0 Å². The van der Waals surface area contributed by atoms with Gasteiger partial charge in [0.05, 0.1) is 12.6 Å². The van der Waals surface area contributed by atoms with Crippen molar-refractivity contribution in [3.63, 3.8) is 0 Å². The summed E-state index contributed by atoms with van der Waals surface area (Å²) in [5.41, 5.74) is 7.27. The molecular weight excluding hydrogens is 262 g/mol. The van der Waals surface area contributed by atoms with Gasteiger partial charge in [-0.3, -0.25) is 9.69 Å². The molecule has 1 saturated heterocycles. The predicted octanol–water partition coefficient (Wildman–Crippen LogP) is 1.88. The smallest absolute Gasteiger partial charge is 0.236 e. The van der Waals surface area contributed by atoms with E-state index in [2.05, 4.69) is 30.9 Å². The second-order valence-corrected chi connectivity index (χ2v) is 6.26. The Kier molecular flexibility index (Phi) is 5.37. The lowest BCUT2D eigenvalue weighted by atomic mass is 9.94. The average molecular weight is 289 g/mol. The van der Waals surface area contributed by atoms with Crippen molar-refractivity contribution in [1.82, 2.24) is 9.80 Å². The summed E-state index contributed by atoms with van der Waals surface area (Å²) in [5, 5.41) is 0. The SMILES string of the molecule is CC1CCN(CC(=O)N(C)C(C)c2ccccc2)CC1N. The second-order valence-electron chi connectivity index (χ2n) is 6.26. The molecule has 0 aliphatic carbocycles. The highest BCUT2D eigenvalue weighted by atomic mass is 16.2. The fourth-order valence-electron chi connectivity index (χ4n) is 2.79. The lowest BCUT2D eigenvalue weighted by Crippen LogP contribution is -2.50. The van der Waals surface area contributed by atoms with Gasteiger partial charge < -0.3 is 10.6 Å². The minimum atomic E-state index is 0.0936. The molecule has 2 rings (SSSR count). The molecule has 4 heteroatoms. The van der Waals surface area contributed by atoms with Crippen LogP contribution in [0.3, 0.4) is 0 Å². The molecule has 21 heavy (non-hydrogen) atoms. The monoisotopic (exact) mass is 289 g/mol. The van der Waals surface area contributed by atoms with E-state index in [9.17, 15) is 4.79 Å². The molecular formula is C17H27N3O. The molecule has 1 aliphatic heterocycles. The summed E-state index contributed by atoms with van der Waals surface area (Å²) in [6.45, 7) is 6.51. The van der Waals surface area contributed by atoms with E-state index in [1.807, 2.05) is 30.1 Å². The summed E-state index contributed by atoms with van der Waals surface area (Å²) in [4.78, 5) is 16.5. The van der Waals surface area contributed by atoms with Crippen molar-refractivity contribution in [2.45, 2.75) is 32.4 Å². The van der Waals surface area contributed by atoms with Crippen LogP contribution in [0.4, 0.5) is 0 Å². The van der Waals surface area contributed by atoms with Gasteiger partial charge in [0.1, 0.15) is 0 Å². The van der Waals surface area contributed by atoms with Crippen LogP contribution in [0.15, 0.2) is 30.3 Å². The summed E-state index contributed by atoms with van der Waals surface area (Å²) in [7, 11) is 1.88. The molecule has 1 heterocycles. The van der Waals surface area contributed by atoms with E-state index >= 15 is 0 Å². The summed E-state index contributed by atoms with van der Waals surface area (Å²) >= 11 is 0. The quantitative estimate of drug-likeness (QED) is 0.920. The van der Waals surface area contributed by atoms with Crippen LogP contribution in [-0.4, -0.2) is 48.4 Å². The first-order valence-corrected chi connectivity index (χ1v) is 7.77. The molecule has 3 unspecified atom stereocenters. The maximum Gasteiger partial charge on any atom is 0.236 e. The predicted molar refractivity (Wildman–Crippen MR) is 85.8 cm³/mol. The minimum absolute atomic E-state index is 0.0936. The Balaban J connectivity index is 1.91. The van der Waals surface area contributed by atoms with Crippen LogP contribution in [0.1, 0.15) is 31.9 Å². The first kappa shape index (κ1) is 16.0. The summed E-state index contributed by atoms with van der Waals surface area (Å²) in [6.07, 6.45) is 1.08. The number of carbonyl (C=O) groups excluding carboxylic acids is 1. The highest BCUT2D eigenvalue weighted by molar-refractivity contribution is 5.78. The van der Waals surface area contributed by atoms with Gasteiger partial charge in [0, 0.05) is 19.6 Å². The number of benzene rings is 1. The number of nitrogens with zero attached hydrogens (tertiary/aromatic N) is 2. The molecule has 0 aromatic heterocycles. The molecule has 1 aromatic rings. The van der Waals surface area contributed by atoms with E-state index in [1.54, 1.807) is 0 Å². The number of likely N-dealkylation sites (N-methyl/N-ethyl adjacent to an activating group) is 1. The van der Waals surface area contributed by atoms with E-state index in [1.165, 1.54) is 0 Å². The number of hydrogen-bond acceptors (Lipinski definition) is 3. The molecule has 0 radical (unpaired) electrons. The maximum atomic E-state index is 12.5. The van der Waals surface area contributed by atoms with Gasteiger partial charge in [-0.1, -0.05) is 37.3 Å². The van der Waals surface area contributed by atoms with Crippen LogP contribution >= 0.6 is 0 Å². The Morgan fingerprint density at radius 2 is 2.10 bits per heavy atom. The normalized spacial score (nSPS) is 24.6. The highest BCUT2D eigenvalue weighted by Gasteiger charge is 2.26. The number of hydrogen-bond donors (Lipinski definition) is 1. The molecule has 116 valence electrons. The molecule has 0 saturated carbocycles. The van der Waals surface area contributed by atoms with Crippen molar-refractivity contribution < 1.29 is 4.79 Å². The molecule has 4 nitrogen and oxygen atoms in total. The Labute approximate surface area is 127 Å². The average Bonchev–Trinajstić information content (AvgIpc) is 2.50. The van der Waals surface area contributed by atoms with Crippen LogP contribution in [0, 0.1) is 5.92 Å². The van der Waals surface area contributed by atoms with Gasteiger partial charge in [0.2, 0.25) is 5.91 Å². The highest BCUT2D eigenvalue weighted by Crippen LogP contribution is 2.19. The van der Waals surface area contributed by atoms with Crippen LogP contribution < -0.4 is 5.73 Å².